The molecular weight excluding hydrogens is 118 g/mol. The third kappa shape index (κ3) is 4.64. The third-order valence-corrected chi connectivity index (χ3v) is 3.00. The van der Waals surface area contributed by atoms with Crippen molar-refractivity contribution < 1.29 is 1.43 Å². The molecule has 0 aliphatic rings. The van der Waals surface area contributed by atoms with Gasteiger partial charge in [0.2, 0.25) is 0 Å². The van der Waals surface area contributed by atoms with Gasteiger partial charge in [-0.3, -0.25) is 0 Å². The van der Waals surface area contributed by atoms with Crippen LogP contribution in [0.3, 0.4) is 0 Å². The zero-order chi connectivity index (χ0) is 4.12. The van der Waals surface area contributed by atoms with Gasteiger partial charge in [-0.15, -0.1) is 0 Å². The van der Waals surface area contributed by atoms with Gasteiger partial charge in [0.25, 0.3) is 0 Å². The molecule has 31 valence electrons. The molecule has 0 atom stereocenters. The van der Waals surface area contributed by atoms with Crippen LogP contribution in [0.15, 0.2) is 0 Å². The van der Waals surface area contributed by atoms with Gasteiger partial charge in [-0.1, -0.05) is 0 Å². The summed E-state index contributed by atoms with van der Waals surface area (Å²) in [4.78, 5) is 3.00. The minimum absolute atomic E-state index is 0. The van der Waals surface area contributed by atoms with Gasteiger partial charge in [0, 0.05) is 0 Å². The summed E-state index contributed by atoms with van der Waals surface area (Å²) in [7, 11) is 0. The molecule has 0 nitrogen and oxygen atoms in total. The van der Waals surface area contributed by atoms with Crippen molar-refractivity contribution in [3.05, 3.63) is 0 Å². The molecule has 0 unspecified atom stereocenters. The number of hydrogen-bond acceptors (Lipinski definition) is 0. The predicted octanol–water partition coefficient (Wildman–Crippen LogP) is 1.68. The van der Waals surface area contributed by atoms with Gasteiger partial charge < -0.3 is 1.43 Å². The number of hydrogen-bond donors (Lipinski definition) is 0. The quantitative estimate of drug-likeness (QED) is 0.497. The van der Waals surface area contributed by atoms with E-state index in [-0.39, 0.29) is 1.43 Å². The average molecular weight is 129 g/mol. The number of rotatable bonds is 2. The first-order valence-electron chi connectivity index (χ1n) is 2.23. The van der Waals surface area contributed by atoms with Gasteiger partial charge in [0.1, 0.15) is 0 Å². The van der Waals surface area contributed by atoms with Crippen LogP contribution < -0.4 is 0 Å². The maximum absolute atomic E-state index is 2.28. The topological polar surface area (TPSA) is 0 Å². The first-order chi connectivity index (χ1) is 2.41. The van der Waals surface area contributed by atoms with Crippen LogP contribution in [0.25, 0.3) is 0 Å². The minimum atomic E-state index is 0. The van der Waals surface area contributed by atoms with E-state index < -0.39 is 0 Å². The van der Waals surface area contributed by atoms with Gasteiger partial charge in [-0.05, 0) is 0 Å². The molecule has 0 saturated carbocycles. The van der Waals surface area contributed by atoms with E-state index in [1.807, 2.05) is 0 Å². The van der Waals surface area contributed by atoms with Crippen molar-refractivity contribution >= 4 is 17.4 Å². The zero-order valence-electron chi connectivity index (χ0n) is 4.99. The Bertz CT molecular complexity index is 15.0. The Morgan fingerprint density at radius 3 is 1.80 bits per heavy atom. The van der Waals surface area contributed by atoms with Crippen LogP contribution in [-0.4, -0.2) is 17.4 Å². The Morgan fingerprint density at radius 2 is 1.80 bits per heavy atom. The molecule has 0 aromatic rings. The van der Waals surface area contributed by atoms with Gasteiger partial charge in [0.15, 0.2) is 0 Å². The molecule has 0 rings (SSSR count). The Balaban J connectivity index is 0. The first-order valence-corrected chi connectivity index (χ1v) is 5.66. The molecule has 0 aromatic heterocycles. The van der Waals surface area contributed by atoms with Gasteiger partial charge in [-0.2, -0.15) is 0 Å². The first kappa shape index (κ1) is 5.64. The predicted molar refractivity (Wildman–Crippen MR) is 27.8 cm³/mol. The summed E-state index contributed by atoms with van der Waals surface area (Å²) < 4.78 is 0. The van der Waals surface area contributed by atoms with Crippen molar-refractivity contribution in [1.29, 1.82) is 0 Å². The average Bonchev–Trinajstić information content (AvgIpc) is 1.41. The maximum Gasteiger partial charge on any atom is -1.00 e. The Hall–Kier alpha value is 0.636. The molecule has 1 radical (unpaired) electrons. The molecule has 0 heterocycles. The summed E-state index contributed by atoms with van der Waals surface area (Å²) in [6, 6.07) is 0. The molecular formula is C4H11Ga-. The fourth-order valence-electron chi connectivity index (χ4n) is 0.289. The SMILES string of the molecule is C[CH2][Ga][CH2]C.[H-]. The van der Waals surface area contributed by atoms with Crippen LogP contribution >= 0.6 is 0 Å². The maximum atomic E-state index is 2.28. The molecule has 0 fully saturated rings. The van der Waals surface area contributed by atoms with Crippen molar-refractivity contribution in [1.82, 2.24) is 0 Å². The molecule has 0 amide bonds. The third-order valence-electron chi connectivity index (χ3n) is 0.577. The van der Waals surface area contributed by atoms with E-state index in [1.54, 1.807) is 0 Å². The van der Waals surface area contributed by atoms with Crippen molar-refractivity contribution in [3.63, 3.8) is 0 Å². The van der Waals surface area contributed by atoms with E-state index in [1.165, 1.54) is 9.95 Å². The van der Waals surface area contributed by atoms with Crippen LogP contribution in [0.5, 0.6) is 0 Å². The Kier molecular flexibility index (Phi) is 5.23. The molecule has 0 N–H and O–H groups in total. The van der Waals surface area contributed by atoms with E-state index >= 15 is 0 Å². The zero-order valence-corrected chi connectivity index (χ0v) is 6.41. The molecule has 0 bridgehead atoms. The van der Waals surface area contributed by atoms with Crippen LogP contribution in [-0.2, 0) is 0 Å². The monoisotopic (exact) mass is 128 g/mol. The molecule has 5 heavy (non-hydrogen) atoms. The van der Waals surface area contributed by atoms with E-state index in [9.17, 15) is 0 Å². The van der Waals surface area contributed by atoms with Gasteiger partial charge in [0.05, 0.1) is 0 Å². The van der Waals surface area contributed by atoms with E-state index in [0.717, 1.165) is 0 Å². The summed E-state index contributed by atoms with van der Waals surface area (Å²) in [5.41, 5.74) is 0. The Morgan fingerprint density at radius 1 is 1.40 bits per heavy atom. The fraction of sp³-hybridized carbons (Fsp3) is 1.00. The molecule has 0 aromatic carbocycles. The van der Waals surface area contributed by atoms with Crippen molar-refractivity contribution in [2.75, 3.05) is 0 Å². The standard InChI is InChI=1S/2C2H5.Ga.H/c2*1-2;;/h2*1H2,2H3;;/q;;;-1. The van der Waals surface area contributed by atoms with Crippen LogP contribution in [0.4, 0.5) is 0 Å². The van der Waals surface area contributed by atoms with Crippen molar-refractivity contribution in [2.45, 2.75) is 23.8 Å². The Labute approximate surface area is 43.2 Å². The minimum Gasteiger partial charge on any atom is -1.00 e. The molecule has 0 aliphatic carbocycles. The molecule has 0 saturated heterocycles. The van der Waals surface area contributed by atoms with Gasteiger partial charge >= 0.3 is 41.2 Å². The summed E-state index contributed by atoms with van der Waals surface area (Å²) in [5, 5.41) is 0. The summed E-state index contributed by atoms with van der Waals surface area (Å²) in [6.45, 7) is 4.56. The normalized spacial score (nSPS) is 7.60. The van der Waals surface area contributed by atoms with Crippen LogP contribution in [0, 0.1) is 0 Å². The second-order valence-electron chi connectivity index (χ2n) is 1.11. The van der Waals surface area contributed by atoms with E-state index in [2.05, 4.69) is 13.8 Å². The van der Waals surface area contributed by atoms with E-state index in [0.29, 0.717) is 17.4 Å². The van der Waals surface area contributed by atoms with Crippen molar-refractivity contribution in [2.24, 2.45) is 0 Å². The largest absolute Gasteiger partial charge is 1.00 e. The smallest absolute Gasteiger partial charge is 1.00 e. The second-order valence-corrected chi connectivity index (χ2v) is 5.74. The summed E-state index contributed by atoms with van der Waals surface area (Å²) in [5.74, 6) is 0. The van der Waals surface area contributed by atoms with Crippen LogP contribution in [0.1, 0.15) is 15.3 Å². The van der Waals surface area contributed by atoms with Crippen molar-refractivity contribution in [3.8, 4) is 0 Å². The van der Waals surface area contributed by atoms with E-state index in [4.69, 9.17) is 0 Å². The molecule has 1 heteroatoms. The summed E-state index contributed by atoms with van der Waals surface area (Å²) >= 11 is 0.312. The van der Waals surface area contributed by atoms with Crippen LogP contribution in [0.2, 0.25) is 9.95 Å². The molecule has 0 spiro atoms. The fourth-order valence-corrected chi connectivity index (χ4v) is 1.50. The summed E-state index contributed by atoms with van der Waals surface area (Å²) in [6.07, 6.45) is 0. The van der Waals surface area contributed by atoms with Gasteiger partial charge in [-0.25, -0.2) is 0 Å². The molecule has 0 aliphatic heterocycles. The second kappa shape index (κ2) is 4.64.